The molecule has 62 valence electrons. The Labute approximate surface area is 67.0 Å². The molecular weight excluding hydrogens is 140 g/mol. The molecule has 0 aromatic rings. The van der Waals surface area contributed by atoms with E-state index in [-0.39, 0.29) is 11.2 Å². The number of hydrogen-bond acceptors (Lipinski definition) is 2. The van der Waals surface area contributed by atoms with Crippen LogP contribution in [0.5, 0.6) is 0 Å². The number of hydrogen-bond donors (Lipinski definition) is 0. The quantitative estimate of drug-likeness (QED) is 0.424. The van der Waals surface area contributed by atoms with Crippen LogP contribution in [0.2, 0.25) is 0 Å². The topological polar surface area (TPSA) is 34.1 Å². The monoisotopic (exact) mass is 154 g/mol. The summed E-state index contributed by atoms with van der Waals surface area (Å²) in [5.41, 5.74) is -0.670. The fourth-order valence-corrected chi connectivity index (χ4v) is 1.90. The van der Waals surface area contributed by atoms with E-state index in [0.717, 1.165) is 6.29 Å². The van der Waals surface area contributed by atoms with Crippen LogP contribution in [0.4, 0.5) is 0 Å². The third-order valence-electron chi connectivity index (χ3n) is 2.38. The molecule has 0 aliphatic heterocycles. The summed E-state index contributed by atoms with van der Waals surface area (Å²) in [7, 11) is 0. The molecule has 0 radical (unpaired) electrons. The zero-order valence-electron chi connectivity index (χ0n) is 7.31. The van der Waals surface area contributed by atoms with Crippen LogP contribution in [0, 0.1) is 10.8 Å². The molecule has 1 saturated carbocycles. The normalized spacial score (nSPS) is 35.7. The Bertz CT molecular complexity index is 206. The van der Waals surface area contributed by atoms with E-state index in [0.29, 0.717) is 12.8 Å². The summed E-state index contributed by atoms with van der Waals surface area (Å²) in [4.78, 5) is 21.9. The van der Waals surface area contributed by atoms with Gasteiger partial charge in [-0.25, -0.2) is 0 Å². The maximum atomic E-state index is 11.3. The molecule has 0 amide bonds. The summed E-state index contributed by atoms with van der Waals surface area (Å²) in [6.45, 7) is 5.79. The zero-order valence-corrected chi connectivity index (χ0v) is 7.31. The molecule has 0 spiro atoms. The zero-order chi connectivity index (χ0) is 8.70. The average molecular weight is 154 g/mol. The molecule has 0 heterocycles. The minimum absolute atomic E-state index is 0.0206. The van der Waals surface area contributed by atoms with E-state index in [4.69, 9.17) is 0 Å². The minimum Gasteiger partial charge on any atom is -0.302 e. The van der Waals surface area contributed by atoms with Gasteiger partial charge in [0.1, 0.15) is 12.1 Å². The van der Waals surface area contributed by atoms with Gasteiger partial charge in [-0.05, 0) is 18.8 Å². The van der Waals surface area contributed by atoms with Gasteiger partial charge in [-0.15, -0.1) is 0 Å². The molecule has 0 unspecified atom stereocenters. The van der Waals surface area contributed by atoms with Crippen LogP contribution in [0.15, 0.2) is 0 Å². The molecule has 1 atom stereocenters. The third-order valence-corrected chi connectivity index (χ3v) is 2.38. The number of aldehydes is 1. The van der Waals surface area contributed by atoms with Gasteiger partial charge in [-0.1, -0.05) is 13.8 Å². The SMILES string of the molecule is CC1(C)CC(=O)[C@@](C)(C=O)C1. The van der Waals surface area contributed by atoms with Crippen LogP contribution >= 0.6 is 0 Å². The molecule has 1 rings (SSSR count). The average Bonchev–Trinajstić information content (AvgIpc) is 2.03. The molecule has 0 saturated heterocycles. The highest BCUT2D eigenvalue weighted by Gasteiger charge is 2.46. The summed E-state index contributed by atoms with van der Waals surface area (Å²) in [5, 5.41) is 0. The van der Waals surface area contributed by atoms with Crippen LogP contribution in [-0.4, -0.2) is 12.1 Å². The van der Waals surface area contributed by atoms with E-state index in [1.54, 1.807) is 6.92 Å². The lowest BCUT2D eigenvalue weighted by Crippen LogP contribution is -2.23. The molecule has 11 heavy (non-hydrogen) atoms. The van der Waals surface area contributed by atoms with Crippen molar-refractivity contribution in [1.82, 2.24) is 0 Å². The van der Waals surface area contributed by atoms with Gasteiger partial charge in [-0.2, -0.15) is 0 Å². The van der Waals surface area contributed by atoms with Crippen molar-refractivity contribution in [3.63, 3.8) is 0 Å². The van der Waals surface area contributed by atoms with E-state index in [1.807, 2.05) is 13.8 Å². The first-order chi connectivity index (χ1) is 4.90. The number of carbonyl (C=O) groups excluding carboxylic acids is 2. The van der Waals surface area contributed by atoms with E-state index in [1.165, 1.54) is 0 Å². The second kappa shape index (κ2) is 2.16. The van der Waals surface area contributed by atoms with E-state index in [9.17, 15) is 9.59 Å². The van der Waals surface area contributed by atoms with Crippen molar-refractivity contribution < 1.29 is 9.59 Å². The lowest BCUT2D eigenvalue weighted by molar-refractivity contribution is -0.130. The van der Waals surface area contributed by atoms with E-state index < -0.39 is 5.41 Å². The smallest absolute Gasteiger partial charge is 0.146 e. The van der Waals surface area contributed by atoms with Crippen LogP contribution in [0.3, 0.4) is 0 Å². The Hall–Kier alpha value is -0.660. The van der Waals surface area contributed by atoms with Gasteiger partial charge in [-0.3, -0.25) is 4.79 Å². The molecule has 0 N–H and O–H groups in total. The molecule has 2 heteroatoms. The van der Waals surface area contributed by atoms with Crippen molar-refractivity contribution in [2.24, 2.45) is 10.8 Å². The highest BCUT2D eigenvalue weighted by atomic mass is 16.1. The van der Waals surface area contributed by atoms with Gasteiger partial charge in [0.25, 0.3) is 0 Å². The summed E-state index contributed by atoms with van der Waals surface area (Å²) >= 11 is 0. The van der Waals surface area contributed by atoms with Crippen LogP contribution in [0.1, 0.15) is 33.6 Å². The molecule has 1 fully saturated rings. The van der Waals surface area contributed by atoms with Gasteiger partial charge < -0.3 is 4.79 Å². The molecule has 1 aliphatic rings. The van der Waals surface area contributed by atoms with Crippen molar-refractivity contribution >= 4 is 12.1 Å². The maximum absolute atomic E-state index is 11.3. The molecule has 0 aromatic carbocycles. The van der Waals surface area contributed by atoms with Gasteiger partial charge in [0.15, 0.2) is 0 Å². The largest absolute Gasteiger partial charge is 0.302 e. The van der Waals surface area contributed by atoms with Gasteiger partial charge in [0.2, 0.25) is 0 Å². The number of rotatable bonds is 1. The van der Waals surface area contributed by atoms with Crippen molar-refractivity contribution in [3.8, 4) is 0 Å². The minimum atomic E-state index is -0.691. The summed E-state index contributed by atoms with van der Waals surface area (Å²) < 4.78 is 0. The molecule has 0 bridgehead atoms. The fraction of sp³-hybridized carbons (Fsp3) is 0.778. The van der Waals surface area contributed by atoms with Crippen molar-refractivity contribution in [1.29, 1.82) is 0 Å². The lowest BCUT2D eigenvalue weighted by Gasteiger charge is -2.18. The van der Waals surface area contributed by atoms with E-state index >= 15 is 0 Å². The highest BCUT2D eigenvalue weighted by molar-refractivity contribution is 5.99. The van der Waals surface area contributed by atoms with Crippen molar-refractivity contribution in [3.05, 3.63) is 0 Å². The first-order valence-electron chi connectivity index (χ1n) is 3.89. The van der Waals surface area contributed by atoms with Crippen LogP contribution in [-0.2, 0) is 9.59 Å². The Balaban J connectivity index is 2.90. The number of Topliss-reactive ketones (excluding diaryl/α,β-unsaturated/α-hetero) is 1. The van der Waals surface area contributed by atoms with Gasteiger partial charge in [0.05, 0.1) is 5.41 Å². The predicted octanol–water partition coefficient (Wildman–Crippen LogP) is 1.58. The number of carbonyl (C=O) groups is 2. The lowest BCUT2D eigenvalue weighted by atomic mass is 9.84. The Morgan fingerprint density at radius 2 is 1.91 bits per heavy atom. The maximum Gasteiger partial charge on any atom is 0.146 e. The summed E-state index contributed by atoms with van der Waals surface area (Å²) in [5.74, 6) is 0.0949. The molecule has 1 aliphatic carbocycles. The van der Waals surface area contributed by atoms with Crippen LogP contribution < -0.4 is 0 Å². The Kier molecular flexibility index (Phi) is 1.66. The molecule has 0 aromatic heterocycles. The molecule has 2 nitrogen and oxygen atoms in total. The molecular formula is C9H14O2. The third kappa shape index (κ3) is 1.35. The first-order valence-corrected chi connectivity index (χ1v) is 3.89. The second-order valence-corrected chi connectivity index (χ2v) is 4.48. The standard InChI is InChI=1S/C9H14O2/c1-8(2)4-7(11)9(3,5-8)6-10/h6H,4-5H2,1-3H3/t9-/m1/s1. The van der Waals surface area contributed by atoms with Gasteiger partial charge in [0, 0.05) is 6.42 Å². The Morgan fingerprint density at radius 1 is 1.36 bits per heavy atom. The fourth-order valence-electron chi connectivity index (χ4n) is 1.90. The first kappa shape index (κ1) is 8.44. The van der Waals surface area contributed by atoms with Crippen LogP contribution in [0.25, 0.3) is 0 Å². The highest BCUT2D eigenvalue weighted by Crippen LogP contribution is 2.44. The summed E-state index contributed by atoms with van der Waals surface area (Å²) in [6.07, 6.45) is 2.04. The van der Waals surface area contributed by atoms with Gasteiger partial charge >= 0.3 is 0 Å². The van der Waals surface area contributed by atoms with Crippen molar-refractivity contribution in [2.45, 2.75) is 33.6 Å². The van der Waals surface area contributed by atoms with E-state index in [2.05, 4.69) is 0 Å². The summed E-state index contributed by atoms with van der Waals surface area (Å²) in [6, 6.07) is 0. The predicted molar refractivity (Wildman–Crippen MR) is 42.2 cm³/mol. The second-order valence-electron chi connectivity index (χ2n) is 4.48. The van der Waals surface area contributed by atoms with Crippen molar-refractivity contribution in [2.75, 3.05) is 0 Å². The Morgan fingerprint density at radius 3 is 2.09 bits per heavy atom. The number of ketones is 1.